The number of hydrogen-bond donors (Lipinski definition) is 1. The van der Waals surface area contributed by atoms with E-state index in [-0.39, 0.29) is 12.4 Å². The fourth-order valence-electron chi connectivity index (χ4n) is 1.29. The lowest BCUT2D eigenvalue weighted by Gasteiger charge is -2.27. The second kappa shape index (κ2) is 6.30. The number of nitrogen functional groups attached to an aromatic ring is 1. The van der Waals surface area contributed by atoms with Crippen molar-refractivity contribution in [3.63, 3.8) is 0 Å². The molecule has 5 heteroatoms. The molecule has 0 aliphatic rings. The van der Waals surface area contributed by atoms with E-state index in [1.165, 1.54) is 4.88 Å². The molecule has 0 aliphatic carbocycles. The average Bonchev–Trinajstić information content (AvgIpc) is 2.49. The highest BCUT2D eigenvalue weighted by Gasteiger charge is 2.13. The summed E-state index contributed by atoms with van der Waals surface area (Å²) in [5.74, 6) is 0.672. The Morgan fingerprint density at radius 1 is 1.47 bits per heavy atom. The van der Waals surface area contributed by atoms with Crippen molar-refractivity contribution < 1.29 is 0 Å². The van der Waals surface area contributed by atoms with Gasteiger partial charge in [-0.25, -0.2) is 4.98 Å². The fourth-order valence-corrected chi connectivity index (χ4v) is 2.04. The van der Waals surface area contributed by atoms with Gasteiger partial charge >= 0.3 is 0 Å². The van der Waals surface area contributed by atoms with Crippen LogP contribution in [0.2, 0.25) is 0 Å². The normalized spacial score (nSPS) is 12.9. The Morgan fingerprint density at radius 2 is 2.07 bits per heavy atom. The first-order chi connectivity index (χ1) is 6.50. The number of nitrogens with two attached hydrogens (primary N) is 1. The van der Waals surface area contributed by atoms with E-state index in [2.05, 4.69) is 37.7 Å². The summed E-state index contributed by atoms with van der Waals surface area (Å²) in [5.41, 5.74) is 5.58. The quantitative estimate of drug-likeness (QED) is 0.892. The molecule has 0 bridgehead atoms. The van der Waals surface area contributed by atoms with E-state index in [0.717, 1.165) is 6.54 Å². The first-order valence-electron chi connectivity index (χ1n) is 4.91. The summed E-state index contributed by atoms with van der Waals surface area (Å²) in [6.45, 7) is 7.66. The number of halogens is 1. The second-order valence-electron chi connectivity index (χ2n) is 4.06. The van der Waals surface area contributed by atoms with Gasteiger partial charge in [-0.05, 0) is 19.9 Å². The smallest absolute Gasteiger partial charge is 0.180 e. The molecule has 15 heavy (non-hydrogen) atoms. The van der Waals surface area contributed by atoms with Crippen LogP contribution < -0.4 is 5.73 Å². The standard InChI is InChI=1S/C10H19N3S.ClH/c1-7(2)8(3)13(4)6-9-5-12-10(11)14-9;/h5,7-8H,6H2,1-4H3,(H2,11,12);1H. The van der Waals surface area contributed by atoms with Crippen LogP contribution in [0.5, 0.6) is 0 Å². The molecule has 1 rings (SSSR count). The molecule has 0 saturated carbocycles. The third kappa shape index (κ3) is 4.36. The minimum absolute atomic E-state index is 0. The molecule has 1 aromatic heterocycles. The van der Waals surface area contributed by atoms with Crippen molar-refractivity contribution >= 4 is 28.9 Å². The van der Waals surface area contributed by atoms with Crippen LogP contribution in [-0.2, 0) is 6.54 Å². The van der Waals surface area contributed by atoms with E-state index in [1.54, 1.807) is 11.3 Å². The van der Waals surface area contributed by atoms with E-state index in [1.807, 2.05) is 6.20 Å². The van der Waals surface area contributed by atoms with Gasteiger partial charge in [0.2, 0.25) is 0 Å². The van der Waals surface area contributed by atoms with Crippen molar-refractivity contribution in [1.29, 1.82) is 0 Å². The zero-order valence-electron chi connectivity index (χ0n) is 9.73. The summed E-state index contributed by atoms with van der Waals surface area (Å²) in [5, 5.41) is 0.658. The lowest BCUT2D eigenvalue weighted by molar-refractivity contribution is 0.202. The molecule has 0 fully saturated rings. The minimum Gasteiger partial charge on any atom is -0.375 e. The summed E-state index contributed by atoms with van der Waals surface area (Å²) >= 11 is 1.57. The predicted octanol–water partition coefficient (Wildman–Crippen LogP) is 2.62. The molecule has 1 unspecified atom stereocenters. The lowest BCUT2D eigenvalue weighted by atomic mass is 10.1. The Morgan fingerprint density at radius 3 is 2.47 bits per heavy atom. The highest BCUT2D eigenvalue weighted by Crippen LogP contribution is 2.18. The van der Waals surface area contributed by atoms with Crippen molar-refractivity contribution in [2.24, 2.45) is 5.92 Å². The molecule has 1 heterocycles. The highest BCUT2D eigenvalue weighted by atomic mass is 35.5. The zero-order valence-corrected chi connectivity index (χ0v) is 11.4. The highest BCUT2D eigenvalue weighted by molar-refractivity contribution is 7.15. The Balaban J connectivity index is 0.00000196. The van der Waals surface area contributed by atoms with Crippen LogP contribution in [0.25, 0.3) is 0 Å². The zero-order chi connectivity index (χ0) is 10.7. The topological polar surface area (TPSA) is 42.2 Å². The number of nitrogens with zero attached hydrogens (tertiary/aromatic N) is 2. The first kappa shape index (κ1) is 14.7. The maximum atomic E-state index is 5.58. The van der Waals surface area contributed by atoms with Gasteiger partial charge in [-0.2, -0.15) is 0 Å². The van der Waals surface area contributed by atoms with Crippen LogP contribution in [0.4, 0.5) is 5.13 Å². The Bertz CT molecular complexity index is 288. The first-order valence-corrected chi connectivity index (χ1v) is 5.72. The maximum Gasteiger partial charge on any atom is 0.180 e. The molecule has 1 aromatic rings. The number of hydrogen-bond acceptors (Lipinski definition) is 4. The van der Waals surface area contributed by atoms with E-state index in [9.17, 15) is 0 Å². The molecule has 0 amide bonds. The monoisotopic (exact) mass is 249 g/mol. The molecular weight excluding hydrogens is 230 g/mol. The van der Waals surface area contributed by atoms with Crippen LogP contribution >= 0.6 is 23.7 Å². The Hall–Kier alpha value is -0.320. The van der Waals surface area contributed by atoms with Crippen molar-refractivity contribution in [1.82, 2.24) is 9.88 Å². The predicted molar refractivity (Wildman–Crippen MR) is 69.5 cm³/mol. The van der Waals surface area contributed by atoms with Crippen LogP contribution in [0.15, 0.2) is 6.20 Å². The van der Waals surface area contributed by atoms with Crippen LogP contribution in [0.1, 0.15) is 25.6 Å². The van der Waals surface area contributed by atoms with Crippen LogP contribution in [-0.4, -0.2) is 23.0 Å². The van der Waals surface area contributed by atoms with E-state index < -0.39 is 0 Å². The Kier molecular flexibility index (Phi) is 6.17. The van der Waals surface area contributed by atoms with E-state index in [0.29, 0.717) is 17.1 Å². The summed E-state index contributed by atoms with van der Waals surface area (Å²) in [4.78, 5) is 7.61. The van der Waals surface area contributed by atoms with Crippen molar-refractivity contribution in [2.45, 2.75) is 33.4 Å². The third-order valence-electron chi connectivity index (χ3n) is 2.64. The number of anilines is 1. The molecule has 0 radical (unpaired) electrons. The molecule has 1 atom stereocenters. The molecule has 0 saturated heterocycles. The van der Waals surface area contributed by atoms with Gasteiger partial charge < -0.3 is 5.73 Å². The number of aromatic nitrogens is 1. The second-order valence-corrected chi connectivity index (χ2v) is 5.21. The number of rotatable bonds is 4. The molecular formula is C10H20ClN3S. The van der Waals surface area contributed by atoms with Gasteiger partial charge in [0.15, 0.2) is 5.13 Å². The number of thiazole rings is 1. The van der Waals surface area contributed by atoms with Gasteiger partial charge in [-0.15, -0.1) is 23.7 Å². The van der Waals surface area contributed by atoms with Crippen molar-refractivity contribution in [3.05, 3.63) is 11.1 Å². The largest absolute Gasteiger partial charge is 0.375 e. The van der Waals surface area contributed by atoms with Crippen molar-refractivity contribution in [2.75, 3.05) is 12.8 Å². The summed E-state index contributed by atoms with van der Waals surface area (Å²) < 4.78 is 0. The molecule has 0 aliphatic heterocycles. The van der Waals surface area contributed by atoms with E-state index >= 15 is 0 Å². The lowest BCUT2D eigenvalue weighted by Crippen LogP contribution is -2.32. The van der Waals surface area contributed by atoms with Crippen molar-refractivity contribution in [3.8, 4) is 0 Å². The van der Waals surface area contributed by atoms with Gasteiger partial charge in [-0.1, -0.05) is 13.8 Å². The van der Waals surface area contributed by atoms with Gasteiger partial charge in [0.25, 0.3) is 0 Å². The SMILES string of the molecule is CC(C)C(C)N(C)Cc1cnc(N)s1.Cl. The summed E-state index contributed by atoms with van der Waals surface area (Å²) in [7, 11) is 2.14. The van der Waals surface area contributed by atoms with Crippen LogP contribution in [0, 0.1) is 5.92 Å². The summed E-state index contributed by atoms with van der Waals surface area (Å²) in [6.07, 6.45) is 1.86. The van der Waals surface area contributed by atoms with Gasteiger partial charge in [0.1, 0.15) is 0 Å². The Labute approximate surface area is 102 Å². The molecule has 2 N–H and O–H groups in total. The molecule has 0 spiro atoms. The molecule has 88 valence electrons. The fraction of sp³-hybridized carbons (Fsp3) is 0.700. The van der Waals surface area contributed by atoms with E-state index in [4.69, 9.17) is 5.73 Å². The van der Waals surface area contributed by atoms with Gasteiger partial charge in [-0.3, -0.25) is 4.90 Å². The van der Waals surface area contributed by atoms with Gasteiger partial charge in [0.05, 0.1) is 0 Å². The van der Waals surface area contributed by atoms with Gasteiger partial charge in [0, 0.05) is 23.7 Å². The summed E-state index contributed by atoms with van der Waals surface area (Å²) in [6, 6.07) is 0.582. The minimum atomic E-state index is 0. The molecule has 3 nitrogen and oxygen atoms in total. The third-order valence-corrected chi connectivity index (χ3v) is 3.45. The average molecular weight is 250 g/mol. The maximum absolute atomic E-state index is 5.58. The molecule has 0 aromatic carbocycles. The van der Waals surface area contributed by atoms with Crippen LogP contribution in [0.3, 0.4) is 0 Å².